The van der Waals surface area contributed by atoms with E-state index in [1.54, 1.807) is 0 Å². The maximum atomic E-state index is 12.6. The van der Waals surface area contributed by atoms with Crippen molar-refractivity contribution in [3.8, 4) is 0 Å². The van der Waals surface area contributed by atoms with Gasteiger partial charge in [0.1, 0.15) is 12.7 Å². The molecule has 1 unspecified atom stereocenters. The van der Waals surface area contributed by atoms with Crippen molar-refractivity contribution >= 4 is 19.8 Å². The molecule has 0 bridgehead atoms. The molecule has 0 fully saturated rings. The van der Waals surface area contributed by atoms with Crippen molar-refractivity contribution in [3.63, 3.8) is 0 Å². The third-order valence-electron chi connectivity index (χ3n) is 9.08. The first kappa shape index (κ1) is 51.5. The highest BCUT2D eigenvalue weighted by atomic mass is 31.2. The van der Waals surface area contributed by atoms with Gasteiger partial charge in [-0.1, -0.05) is 141 Å². The fraction of sp³-hybridized carbons (Fsp3) is 0.857. The number of aliphatic hydroxyl groups excluding tert-OH is 2. The summed E-state index contributed by atoms with van der Waals surface area (Å²) in [5.74, 6) is -0.941. The van der Waals surface area contributed by atoms with Gasteiger partial charge >= 0.3 is 19.8 Å². The summed E-state index contributed by atoms with van der Waals surface area (Å²) in [7, 11) is -4.62. The molecule has 0 aliphatic rings. The summed E-state index contributed by atoms with van der Waals surface area (Å²) >= 11 is 0. The van der Waals surface area contributed by atoms with Gasteiger partial charge in [-0.3, -0.25) is 18.6 Å². The zero-order valence-electron chi connectivity index (χ0n) is 33.7. The molecule has 11 heteroatoms. The number of rotatable bonds is 40. The second-order valence-electron chi connectivity index (χ2n) is 14.4. The summed E-state index contributed by atoms with van der Waals surface area (Å²) in [6.45, 7) is 2.36. The van der Waals surface area contributed by atoms with Crippen LogP contribution < -0.4 is 0 Å². The summed E-state index contributed by atoms with van der Waals surface area (Å²) in [5.41, 5.74) is 0. The van der Waals surface area contributed by atoms with Crippen LogP contribution in [0.2, 0.25) is 0 Å². The number of hydrogen-bond donors (Lipinski definition) is 3. The molecule has 0 aliphatic heterocycles. The van der Waals surface area contributed by atoms with Crippen molar-refractivity contribution in [2.45, 2.75) is 206 Å². The number of phosphoric ester groups is 1. The van der Waals surface area contributed by atoms with E-state index in [0.717, 1.165) is 77.0 Å². The Morgan fingerprint density at radius 1 is 0.547 bits per heavy atom. The Kier molecular flexibility index (Phi) is 37.6. The fourth-order valence-electron chi connectivity index (χ4n) is 5.75. The predicted octanol–water partition coefficient (Wildman–Crippen LogP) is 11.0. The SMILES string of the molecule is CCCCCCC/C=C\CCCCCCCC(=O)OC[C@H](COP(=O)(O)OC[C@@H](O)CO)OC(=O)CCCCCCC/C=C\CCCCCCCCC. The average Bonchev–Trinajstić information content (AvgIpc) is 3.14. The van der Waals surface area contributed by atoms with Crippen LogP contribution in [0.3, 0.4) is 0 Å². The predicted molar refractivity (Wildman–Crippen MR) is 215 cm³/mol. The van der Waals surface area contributed by atoms with E-state index in [4.69, 9.17) is 19.1 Å². The molecule has 0 aromatic heterocycles. The minimum absolute atomic E-state index is 0.174. The Morgan fingerprint density at radius 2 is 0.925 bits per heavy atom. The normalized spacial score (nSPS) is 14.1. The zero-order valence-corrected chi connectivity index (χ0v) is 34.6. The number of allylic oxidation sites excluding steroid dienone is 4. The number of aliphatic hydroxyl groups is 2. The Balaban J connectivity index is 4.33. The molecule has 0 saturated carbocycles. The van der Waals surface area contributed by atoms with Gasteiger partial charge in [0.2, 0.25) is 0 Å². The van der Waals surface area contributed by atoms with Crippen molar-refractivity contribution < 1.29 is 47.8 Å². The van der Waals surface area contributed by atoms with Crippen molar-refractivity contribution in [2.75, 3.05) is 26.4 Å². The standard InChI is InChI=1S/C42H79O10P/c1-3-5-7-9-11-13-15-17-19-20-22-24-26-28-30-32-34-42(46)52-40(38-51-53(47,48)50-36-39(44)35-43)37-49-41(45)33-31-29-27-25-23-21-18-16-14-12-10-8-6-4-2/h16,18-20,39-40,43-44H,3-15,17,21-38H2,1-2H3,(H,47,48)/b18-16-,20-19-/t39-,40+/m0/s1. The van der Waals surface area contributed by atoms with E-state index in [1.807, 2.05) is 0 Å². The molecule has 53 heavy (non-hydrogen) atoms. The van der Waals surface area contributed by atoms with Crippen LogP contribution in [0.25, 0.3) is 0 Å². The smallest absolute Gasteiger partial charge is 0.462 e. The number of esters is 2. The molecular formula is C42H79O10P. The molecule has 0 rings (SSSR count). The molecule has 0 saturated heterocycles. The molecule has 0 heterocycles. The van der Waals surface area contributed by atoms with Gasteiger partial charge < -0.3 is 24.6 Å². The quantitative estimate of drug-likeness (QED) is 0.0238. The number of carbonyl (C=O) groups excluding carboxylic acids is 2. The number of ether oxygens (including phenoxy) is 2. The van der Waals surface area contributed by atoms with E-state index in [2.05, 4.69) is 42.7 Å². The highest BCUT2D eigenvalue weighted by Gasteiger charge is 2.27. The van der Waals surface area contributed by atoms with E-state index < -0.39 is 51.8 Å². The summed E-state index contributed by atoms with van der Waals surface area (Å²) in [5, 5.41) is 18.3. The summed E-state index contributed by atoms with van der Waals surface area (Å²) in [4.78, 5) is 34.9. The van der Waals surface area contributed by atoms with Crippen molar-refractivity contribution in [3.05, 3.63) is 24.3 Å². The van der Waals surface area contributed by atoms with Gasteiger partial charge in [-0.25, -0.2) is 4.57 Å². The molecule has 3 atom stereocenters. The third kappa shape index (κ3) is 38.5. The molecule has 0 aliphatic carbocycles. The van der Waals surface area contributed by atoms with Gasteiger partial charge in [-0.05, 0) is 64.2 Å². The Morgan fingerprint density at radius 3 is 1.36 bits per heavy atom. The fourth-order valence-corrected chi connectivity index (χ4v) is 6.54. The number of carbonyl (C=O) groups is 2. The lowest BCUT2D eigenvalue weighted by Gasteiger charge is -2.20. The van der Waals surface area contributed by atoms with Gasteiger partial charge in [0.25, 0.3) is 0 Å². The summed E-state index contributed by atoms with van der Waals surface area (Å²) in [6, 6.07) is 0. The highest BCUT2D eigenvalue weighted by Crippen LogP contribution is 2.43. The molecule has 0 aromatic carbocycles. The maximum absolute atomic E-state index is 12.6. The minimum Gasteiger partial charge on any atom is -0.462 e. The molecule has 0 spiro atoms. The Bertz CT molecular complexity index is 941. The van der Waals surface area contributed by atoms with E-state index >= 15 is 0 Å². The third-order valence-corrected chi connectivity index (χ3v) is 10.0. The lowest BCUT2D eigenvalue weighted by molar-refractivity contribution is -0.161. The number of hydrogen-bond acceptors (Lipinski definition) is 9. The maximum Gasteiger partial charge on any atom is 0.472 e. The average molecular weight is 775 g/mol. The van der Waals surface area contributed by atoms with Crippen LogP contribution in [0.4, 0.5) is 0 Å². The monoisotopic (exact) mass is 775 g/mol. The molecule has 10 nitrogen and oxygen atoms in total. The largest absolute Gasteiger partial charge is 0.472 e. The summed E-state index contributed by atoms with van der Waals surface area (Å²) < 4.78 is 32.7. The van der Waals surface area contributed by atoms with Crippen molar-refractivity contribution in [1.29, 1.82) is 0 Å². The van der Waals surface area contributed by atoms with E-state index in [0.29, 0.717) is 12.8 Å². The second-order valence-corrected chi connectivity index (χ2v) is 15.8. The van der Waals surface area contributed by atoms with Gasteiger partial charge in [-0.2, -0.15) is 0 Å². The van der Waals surface area contributed by atoms with Gasteiger partial charge in [0.05, 0.1) is 19.8 Å². The Labute approximate surface area is 323 Å². The first-order chi connectivity index (χ1) is 25.7. The topological polar surface area (TPSA) is 149 Å². The molecular weight excluding hydrogens is 695 g/mol. The number of unbranched alkanes of at least 4 members (excludes halogenated alkanes) is 22. The van der Waals surface area contributed by atoms with E-state index in [1.165, 1.54) is 77.0 Å². The highest BCUT2D eigenvalue weighted by molar-refractivity contribution is 7.47. The van der Waals surface area contributed by atoms with Gasteiger partial charge in [0.15, 0.2) is 6.10 Å². The van der Waals surface area contributed by atoms with E-state index in [9.17, 15) is 24.2 Å². The molecule has 0 aromatic rings. The molecule has 0 amide bonds. The van der Waals surface area contributed by atoms with Gasteiger partial charge in [0, 0.05) is 12.8 Å². The van der Waals surface area contributed by atoms with Crippen LogP contribution in [0, 0.1) is 0 Å². The molecule has 3 N–H and O–H groups in total. The second kappa shape index (κ2) is 38.7. The Hall–Kier alpha value is -1.55. The van der Waals surface area contributed by atoms with Crippen LogP contribution in [0.5, 0.6) is 0 Å². The lowest BCUT2D eigenvalue weighted by atomic mass is 10.1. The lowest BCUT2D eigenvalue weighted by Crippen LogP contribution is -2.29. The zero-order chi connectivity index (χ0) is 39.1. The molecule has 0 radical (unpaired) electrons. The van der Waals surface area contributed by atoms with Crippen LogP contribution in [0.15, 0.2) is 24.3 Å². The number of phosphoric acid groups is 1. The van der Waals surface area contributed by atoms with E-state index in [-0.39, 0.29) is 19.4 Å². The van der Waals surface area contributed by atoms with Gasteiger partial charge in [-0.15, -0.1) is 0 Å². The first-order valence-electron chi connectivity index (χ1n) is 21.3. The van der Waals surface area contributed by atoms with Crippen LogP contribution >= 0.6 is 7.82 Å². The van der Waals surface area contributed by atoms with Crippen molar-refractivity contribution in [2.24, 2.45) is 0 Å². The summed E-state index contributed by atoms with van der Waals surface area (Å²) in [6.07, 6.45) is 37.1. The minimum atomic E-state index is -4.62. The van der Waals surface area contributed by atoms with Crippen LogP contribution in [-0.4, -0.2) is 65.7 Å². The molecule has 312 valence electrons. The first-order valence-corrected chi connectivity index (χ1v) is 22.8. The van der Waals surface area contributed by atoms with Crippen LogP contribution in [-0.2, 0) is 32.7 Å². The van der Waals surface area contributed by atoms with Crippen LogP contribution in [0.1, 0.15) is 194 Å². The van der Waals surface area contributed by atoms with Crippen molar-refractivity contribution in [1.82, 2.24) is 0 Å².